The first-order valence-corrected chi connectivity index (χ1v) is 7.45. The van der Waals surface area contributed by atoms with Crippen LogP contribution in [0, 0.1) is 18.3 Å². The second kappa shape index (κ2) is 5.92. The number of nitrogen functional groups attached to an aromatic ring is 1. The van der Waals surface area contributed by atoms with Crippen LogP contribution in [0.15, 0.2) is 27.3 Å². The maximum Gasteiger partial charge on any atom is 0.357 e. The Bertz CT molecular complexity index is 776. The molecule has 5 nitrogen and oxygen atoms in total. The van der Waals surface area contributed by atoms with E-state index < -0.39 is 5.97 Å². The number of carbonyl (C=O) groups is 1. The monoisotopic (exact) mass is 411 g/mol. The number of ether oxygens (including phenoxy) is 1. The van der Waals surface area contributed by atoms with E-state index in [4.69, 9.17) is 15.7 Å². The normalized spacial score (nSPS) is 10.2. The lowest BCUT2D eigenvalue weighted by Crippen LogP contribution is -2.11. The molecule has 1 heterocycles. The Kier molecular flexibility index (Phi) is 4.40. The molecule has 2 N–H and O–H groups in total. The standard InChI is InChI=1S/C14H11Br2N3O2/c1-7-9(15)3-4-10(11(7)16)19-6-8(5-17)12(18)13(19)14(20)21-2/h3-4,6H,18H2,1-2H3. The number of nitrogens with zero attached hydrogens (tertiary/aromatic N) is 2. The van der Waals surface area contributed by atoms with Crippen LogP contribution in [0.1, 0.15) is 21.6 Å². The predicted molar refractivity (Wildman–Crippen MR) is 86.4 cm³/mol. The van der Waals surface area contributed by atoms with Crippen LogP contribution >= 0.6 is 31.9 Å². The van der Waals surface area contributed by atoms with Gasteiger partial charge >= 0.3 is 5.97 Å². The molecule has 108 valence electrons. The van der Waals surface area contributed by atoms with Crippen LogP contribution in [-0.2, 0) is 4.74 Å². The Morgan fingerprint density at radius 2 is 2.10 bits per heavy atom. The maximum atomic E-state index is 12.0. The molecule has 1 aromatic carbocycles. The summed E-state index contributed by atoms with van der Waals surface area (Å²) in [5.74, 6) is -0.596. The number of nitriles is 1. The molecule has 0 saturated carbocycles. The summed E-state index contributed by atoms with van der Waals surface area (Å²) < 4.78 is 8.04. The van der Waals surface area contributed by atoms with Crippen molar-refractivity contribution in [2.24, 2.45) is 0 Å². The summed E-state index contributed by atoms with van der Waals surface area (Å²) >= 11 is 6.94. The van der Waals surface area contributed by atoms with Gasteiger partial charge in [-0.25, -0.2) is 4.79 Å². The highest BCUT2D eigenvalue weighted by Crippen LogP contribution is 2.33. The van der Waals surface area contributed by atoms with E-state index in [1.165, 1.54) is 13.3 Å². The Hall–Kier alpha value is -1.78. The van der Waals surface area contributed by atoms with E-state index in [-0.39, 0.29) is 16.9 Å². The fourth-order valence-electron chi connectivity index (χ4n) is 1.94. The van der Waals surface area contributed by atoms with Crippen LogP contribution in [0.4, 0.5) is 5.69 Å². The van der Waals surface area contributed by atoms with Crippen molar-refractivity contribution < 1.29 is 9.53 Å². The smallest absolute Gasteiger partial charge is 0.357 e. The molecule has 0 radical (unpaired) electrons. The van der Waals surface area contributed by atoms with E-state index in [9.17, 15) is 4.79 Å². The highest BCUT2D eigenvalue weighted by molar-refractivity contribution is 9.11. The van der Waals surface area contributed by atoms with Gasteiger partial charge in [-0.15, -0.1) is 0 Å². The number of hydrogen-bond acceptors (Lipinski definition) is 4. The molecule has 21 heavy (non-hydrogen) atoms. The molecular weight excluding hydrogens is 402 g/mol. The van der Waals surface area contributed by atoms with Gasteiger partial charge in [-0.05, 0) is 40.5 Å². The van der Waals surface area contributed by atoms with Crippen molar-refractivity contribution in [3.63, 3.8) is 0 Å². The summed E-state index contributed by atoms with van der Waals surface area (Å²) in [6, 6.07) is 5.65. The lowest BCUT2D eigenvalue weighted by atomic mass is 10.2. The summed E-state index contributed by atoms with van der Waals surface area (Å²) in [4.78, 5) is 12.0. The molecule has 0 unspecified atom stereocenters. The van der Waals surface area contributed by atoms with E-state index in [0.29, 0.717) is 5.69 Å². The van der Waals surface area contributed by atoms with Gasteiger partial charge in [0.15, 0.2) is 5.69 Å². The molecule has 0 aliphatic heterocycles. The van der Waals surface area contributed by atoms with Crippen molar-refractivity contribution in [2.45, 2.75) is 6.92 Å². The predicted octanol–water partition coefficient (Wildman–Crippen LogP) is 3.55. The van der Waals surface area contributed by atoms with E-state index in [0.717, 1.165) is 14.5 Å². The van der Waals surface area contributed by atoms with Gasteiger partial charge in [-0.2, -0.15) is 5.26 Å². The van der Waals surface area contributed by atoms with Gasteiger partial charge in [-0.1, -0.05) is 15.9 Å². The lowest BCUT2D eigenvalue weighted by molar-refractivity contribution is 0.0593. The Balaban J connectivity index is 2.79. The molecule has 0 aliphatic carbocycles. The van der Waals surface area contributed by atoms with Crippen molar-refractivity contribution in [2.75, 3.05) is 12.8 Å². The van der Waals surface area contributed by atoms with E-state index in [1.807, 2.05) is 25.1 Å². The summed E-state index contributed by atoms with van der Waals surface area (Å²) in [5.41, 5.74) is 8.01. The molecule has 7 heteroatoms. The number of esters is 1. The first-order chi connectivity index (χ1) is 9.92. The van der Waals surface area contributed by atoms with E-state index in [1.54, 1.807) is 4.57 Å². The topological polar surface area (TPSA) is 81.0 Å². The molecule has 1 aromatic heterocycles. The van der Waals surface area contributed by atoms with Crippen LogP contribution < -0.4 is 5.73 Å². The highest BCUT2D eigenvalue weighted by Gasteiger charge is 2.23. The molecule has 0 atom stereocenters. The summed E-state index contributed by atoms with van der Waals surface area (Å²) in [6.07, 6.45) is 1.52. The fraction of sp³-hybridized carbons (Fsp3) is 0.143. The summed E-state index contributed by atoms with van der Waals surface area (Å²) in [6.45, 7) is 1.92. The molecular formula is C14H11Br2N3O2. The zero-order valence-corrected chi connectivity index (χ0v) is 14.4. The largest absolute Gasteiger partial charge is 0.464 e. The second-order valence-electron chi connectivity index (χ2n) is 4.28. The van der Waals surface area contributed by atoms with Crippen molar-refractivity contribution in [1.29, 1.82) is 5.26 Å². The second-order valence-corrected chi connectivity index (χ2v) is 5.93. The maximum absolute atomic E-state index is 12.0. The summed E-state index contributed by atoms with van der Waals surface area (Å²) in [5, 5.41) is 9.11. The first-order valence-electron chi connectivity index (χ1n) is 5.86. The number of rotatable bonds is 2. The molecule has 0 bridgehead atoms. The van der Waals surface area contributed by atoms with Gasteiger partial charge in [0.1, 0.15) is 6.07 Å². The van der Waals surface area contributed by atoms with Gasteiger partial charge in [0.05, 0.1) is 24.0 Å². The van der Waals surface area contributed by atoms with Crippen molar-refractivity contribution in [3.05, 3.63) is 44.1 Å². The minimum atomic E-state index is -0.596. The van der Waals surface area contributed by atoms with Crippen LogP contribution in [0.3, 0.4) is 0 Å². The van der Waals surface area contributed by atoms with Gasteiger partial charge in [0, 0.05) is 15.1 Å². The molecule has 0 saturated heterocycles. The molecule has 0 aliphatic rings. The Morgan fingerprint density at radius 3 is 2.67 bits per heavy atom. The average molecular weight is 413 g/mol. The van der Waals surface area contributed by atoms with Gasteiger partial charge in [-0.3, -0.25) is 0 Å². The number of carbonyl (C=O) groups excluding carboxylic acids is 1. The SMILES string of the molecule is COC(=O)c1c(N)c(C#N)cn1-c1ccc(Br)c(C)c1Br. The quantitative estimate of drug-likeness (QED) is 0.764. The third kappa shape index (κ3) is 2.57. The Morgan fingerprint density at radius 1 is 1.43 bits per heavy atom. The number of anilines is 1. The third-order valence-electron chi connectivity index (χ3n) is 3.10. The highest BCUT2D eigenvalue weighted by atomic mass is 79.9. The zero-order chi connectivity index (χ0) is 15.7. The third-order valence-corrected chi connectivity index (χ3v) is 4.96. The average Bonchev–Trinajstić information content (AvgIpc) is 2.80. The van der Waals surface area contributed by atoms with Crippen LogP contribution in [-0.4, -0.2) is 17.6 Å². The van der Waals surface area contributed by atoms with Gasteiger partial charge < -0.3 is 15.0 Å². The number of benzene rings is 1. The summed E-state index contributed by atoms with van der Waals surface area (Å²) in [7, 11) is 1.27. The first kappa shape index (κ1) is 15.6. The Labute approximate surface area is 138 Å². The number of nitrogens with two attached hydrogens (primary N) is 1. The van der Waals surface area contributed by atoms with Crippen molar-refractivity contribution in [3.8, 4) is 11.8 Å². The molecule has 0 fully saturated rings. The van der Waals surface area contributed by atoms with E-state index in [2.05, 4.69) is 31.9 Å². The van der Waals surface area contributed by atoms with Gasteiger partial charge in [0.2, 0.25) is 0 Å². The van der Waals surface area contributed by atoms with Crippen molar-refractivity contribution in [1.82, 2.24) is 4.57 Å². The number of hydrogen-bond donors (Lipinski definition) is 1. The zero-order valence-electron chi connectivity index (χ0n) is 11.3. The van der Waals surface area contributed by atoms with Crippen LogP contribution in [0.5, 0.6) is 0 Å². The van der Waals surface area contributed by atoms with Crippen molar-refractivity contribution >= 4 is 43.5 Å². The molecule has 0 spiro atoms. The van der Waals surface area contributed by atoms with Crippen LogP contribution in [0.2, 0.25) is 0 Å². The minimum absolute atomic E-state index is 0.108. The number of halogens is 2. The molecule has 0 amide bonds. The molecule has 2 rings (SSSR count). The minimum Gasteiger partial charge on any atom is -0.464 e. The van der Waals surface area contributed by atoms with E-state index >= 15 is 0 Å². The fourth-order valence-corrected chi connectivity index (χ4v) is 3.07. The lowest BCUT2D eigenvalue weighted by Gasteiger charge is -2.13. The number of methoxy groups -OCH3 is 1. The molecule has 2 aromatic rings. The van der Waals surface area contributed by atoms with Gasteiger partial charge in [0.25, 0.3) is 0 Å². The number of aromatic nitrogens is 1. The van der Waals surface area contributed by atoms with Crippen LogP contribution in [0.25, 0.3) is 5.69 Å².